The summed E-state index contributed by atoms with van der Waals surface area (Å²) < 4.78 is 5.57. The summed E-state index contributed by atoms with van der Waals surface area (Å²) in [6.07, 6.45) is 0.216. The second-order valence-electron chi connectivity index (χ2n) is 4.40. The van der Waals surface area contributed by atoms with Crippen LogP contribution in [0.25, 0.3) is 0 Å². The Hall–Kier alpha value is -0.420. The average molecular weight is 240 g/mol. The maximum absolute atomic E-state index is 5.64. The molecule has 3 nitrogen and oxygen atoms in total. The molecular weight excluding hydrogens is 220 g/mol. The first-order valence-corrected chi connectivity index (χ1v) is 6.60. The minimum Gasteiger partial charge on any atom is -0.374 e. The SMILES string of the molecule is Cc1cc(CN2CCOC(CN)C2)c(C)s1. The minimum atomic E-state index is 0.216. The Balaban J connectivity index is 1.96. The lowest BCUT2D eigenvalue weighted by Crippen LogP contribution is -2.45. The van der Waals surface area contributed by atoms with Crippen molar-refractivity contribution in [3.8, 4) is 0 Å². The largest absolute Gasteiger partial charge is 0.374 e. The van der Waals surface area contributed by atoms with Crippen molar-refractivity contribution in [2.24, 2.45) is 5.73 Å². The number of ether oxygens (including phenoxy) is 1. The smallest absolute Gasteiger partial charge is 0.0824 e. The van der Waals surface area contributed by atoms with Crippen LogP contribution >= 0.6 is 11.3 Å². The Morgan fingerprint density at radius 2 is 2.38 bits per heavy atom. The van der Waals surface area contributed by atoms with Crippen molar-refractivity contribution in [1.29, 1.82) is 0 Å². The fraction of sp³-hybridized carbons (Fsp3) is 0.667. The molecule has 1 aliphatic heterocycles. The van der Waals surface area contributed by atoms with E-state index in [1.807, 2.05) is 11.3 Å². The van der Waals surface area contributed by atoms with Crippen LogP contribution in [0.2, 0.25) is 0 Å². The van der Waals surface area contributed by atoms with Gasteiger partial charge in [0.1, 0.15) is 0 Å². The maximum atomic E-state index is 5.64. The highest BCUT2D eigenvalue weighted by Crippen LogP contribution is 2.22. The molecule has 1 aromatic rings. The second kappa shape index (κ2) is 5.27. The first kappa shape index (κ1) is 12.0. The first-order valence-electron chi connectivity index (χ1n) is 5.79. The number of thiophene rings is 1. The van der Waals surface area contributed by atoms with E-state index in [9.17, 15) is 0 Å². The van der Waals surface area contributed by atoms with E-state index in [0.29, 0.717) is 6.54 Å². The van der Waals surface area contributed by atoms with E-state index in [4.69, 9.17) is 10.5 Å². The Bertz CT molecular complexity index is 351. The summed E-state index contributed by atoms with van der Waals surface area (Å²) in [5.74, 6) is 0. The zero-order valence-electron chi connectivity index (χ0n) is 10.0. The van der Waals surface area contributed by atoms with Crippen LogP contribution < -0.4 is 5.73 Å². The van der Waals surface area contributed by atoms with Crippen LogP contribution in [0.1, 0.15) is 15.3 Å². The molecule has 2 rings (SSSR count). The lowest BCUT2D eigenvalue weighted by molar-refractivity contribution is -0.0260. The van der Waals surface area contributed by atoms with Gasteiger partial charge in [-0.2, -0.15) is 0 Å². The van der Waals surface area contributed by atoms with Crippen LogP contribution in [-0.4, -0.2) is 37.2 Å². The molecule has 90 valence electrons. The molecule has 1 saturated heterocycles. The van der Waals surface area contributed by atoms with Gasteiger partial charge < -0.3 is 10.5 Å². The topological polar surface area (TPSA) is 38.5 Å². The molecule has 4 heteroatoms. The molecule has 0 saturated carbocycles. The van der Waals surface area contributed by atoms with Gasteiger partial charge in [0.15, 0.2) is 0 Å². The second-order valence-corrected chi connectivity index (χ2v) is 5.86. The van der Waals surface area contributed by atoms with Gasteiger partial charge in [-0.1, -0.05) is 0 Å². The van der Waals surface area contributed by atoms with E-state index in [0.717, 1.165) is 26.2 Å². The van der Waals surface area contributed by atoms with Crippen LogP contribution in [0, 0.1) is 13.8 Å². The first-order chi connectivity index (χ1) is 7.69. The molecule has 2 heterocycles. The molecule has 1 fully saturated rings. The summed E-state index contributed by atoms with van der Waals surface area (Å²) in [5, 5.41) is 0. The number of morpholine rings is 1. The van der Waals surface area contributed by atoms with Crippen molar-refractivity contribution in [3.05, 3.63) is 21.4 Å². The van der Waals surface area contributed by atoms with Gasteiger partial charge in [0.2, 0.25) is 0 Å². The van der Waals surface area contributed by atoms with Gasteiger partial charge in [0.05, 0.1) is 12.7 Å². The summed E-state index contributed by atoms with van der Waals surface area (Å²) in [6, 6.07) is 2.30. The minimum absolute atomic E-state index is 0.216. The Labute approximate surface area is 101 Å². The molecule has 0 aliphatic carbocycles. The van der Waals surface area contributed by atoms with E-state index in [1.54, 1.807) is 0 Å². The van der Waals surface area contributed by atoms with Gasteiger partial charge in [0.25, 0.3) is 0 Å². The van der Waals surface area contributed by atoms with Gasteiger partial charge in [-0.05, 0) is 25.5 Å². The Morgan fingerprint density at radius 3 is 3.00 bits per heavy atom. The quantitative estimate of drug-likeness (QED) is 0.870. The monoisotopic (exact) mass is 240 g/mol. The van der Waals surface area contributed by atoms with E-state index in [2.05, 4.69) is 24.8 Å². The molecule has 0 aromatic carbocycles. The summed E-state index contributed by atoms with van der Waals surface area (Å²) in [5.41, 5.74) is 7.10. The number of nitrogens with two attached hydrogens (primary N) is 1. The van der Waals surface area contributed by atoms with Crippen molar-refractivity contribution in [1.82, 2.24) is 4.90 Å². The van der Waals surface area contributed by atoms with Gasteiger partial charge in [-0.15, -0.1) is 11.3 Å². The standard InChI is InChI=1S/C12H20N2OS/c1-9-5-11(10(2)16-9)7-14-3-4-15-12(6-13)8-14/h5,12H,3-4,6-8,13H2,1-2H3. The fourth-order valence-corrected chi connectivity index (χ4v) is 3.09. The molecular formula is C12H20N2OS. The van der Waals surface area contributed by atoms with Gasteiger partial charge in [0, 0.05) is 35.9 Å². The van der Waals surface area contributed by atoms with Gasteiger partial charge in [-0.25, -0.2) is 0 Å². The molecule has 0 amide bonds. The van der Waals surface area contributed by atoms with Crippen molar-refractivity contribution < 1.29 is 4.74 Å². The van der Waals surface area contributed by atoms with Crippen molar-refractivity contribution in [2.45, 2.75) is 26.5 Å². The predicted octanol–water partition coefficient (Wildman–Crippen LogP) is 1.52. The zero-order chi connectivity index (χ0) is 11.5. The van der Waals surface area contributed by atoms with E-state index >= 15 is 0 Å². The highest BCUT2D eigenvalue weighted by atomic mass is 32.1. The van der Waals surface area contributed by atoms with Crippen molar-refractivity contribution >= 4 is 11.3 Å². The maximum Gasteiger partial charge on any atom is 0.0824 e. The third-order valence-electron chi connectivity index (χ3n) is 3.02. The fourth-order valence-electron chi connectivity index (χ4n) is 2.15. The zero-order valence-corrected chi connectivity index (χ0v) is 10.8. The van der Waals surface area contributed by atoms with Crippen LogP contribution in [0.15, 0.2) is 6.07 Å². The third-order valence-corrected chi connectivity index (χ3v) is 4.03. The number of hydrogen-bond donors (Lipinski definition) is 1. The number of hydrogen-bond acceptors (Lipinski definition) is 4. The highest BCUT2D eigenvalue weighted by molar-refractivity contribution is 7.12. The van der Waals surface area contributed by atoms with Crippen LogP contribution in [0.5, 0.6) is 0 Å². The number of nitrogens with zero attached hydrogens (tertiary/aromatic N) is 1. The molecule has 1 aromatic heterocycles. The summed E-state index contributed by atoms with van der Waals surface area (Å²) >= 11 is 1.88. The molecule has 2 N–H and O–H groups in total. The summed E-state index contributed by atoms with van der Waals surface area (Å²) in [7, 11) is 0. The molecule has 1 aliphatic rings. The number of aryl methyl sites for hydroxylation is 2. The van der Waals surface area contributed by atoms with E-state index in [-0.39, 0.29) is 6.10 Å². The molecule has 0 spiro atoms. The lowest BCUT2D eigenvalue weighted by Gasteiger charge is -2.32. The Morgan fingerprint density at radius 1 is 1.56 bits per heavy atom. The van der Waals surface area contributed by atoms with Crippen molar-refractivity contribution in [2.75, 3.05) is 26.2 Å². The highest BCUT2D eigenvalue weighted by Gasteiger charge is 2.19. The van der Waals surface area contributed by atoms with Crippen LogP contribution in [0.4, 0.5) is 0 Å². The van der Waals surface area contributed by atoms with Crippen LogP contribution in [-0.2, 0) is 11.3 Å². The Kier molecular flexibility index (Phi) is 3.97. The van der Waals surface area contributed by atoms with Crippen molar-refractivity contribution in [3.63, 3.8) is 0 Å². The predicted molar refractivity (Wildman–Crippen MR) is 67.9 cm³/mol. The molecule has 1 atom stereocenters. The number of rotatable bonds is 3. The summed E-state index contributed by atoms with van der Waals surface area (Å²) in [4.78, 5) is 5.28. The third kappa shape index (κ3) is 2.83. The molecule has 1 unspecified atom stereocenters. The van der Waals surface area contributed by atoms with E-state index < -0.39 is 0 Å². The average Bonchev–Trinajstić information content (AvgIpc) is 2.58. The molecule has 16 heavy (non-hydrogen) atoms. The van der Waals surface area contributed by atoms with Gasteiger partial charge >= 0.3 is 0 Å². The van der Waals surface area contributed by atoms with E-state index in [1.165, 1.54) is 15.3 Å². The van der Waals surface area contributed by atoms with Crippen LogP contribution in [0.3, 0.4) is 0 Å². The molecule has 0 bridgehead atoms. The normalized spacial score (nSPS) is 22.6. The lowest BCUT2D eigenvalue weighted by atomic mass is 10.2. The molecule has 0 radical (unpaired) electrons. The van der Waals surface area contributed by atoms with Gasteiger partial charge in [-0.3, -0.25) is 4.90 Å². The summed E-state index contributed by atoms with van der Waals surface area (Å²) in [6.45, 7) is 8.82.